The van der Waals surface area contributed by atoms with Crippen LogP contribution in [0.1, 0.15) is 23.8 Å². The van der Waals surface area contributed by atoms with Crippen molar-refractivity contribution in [3.8, 4) is 0 Å². The Kier molecular flexibility index (Phi) is 4.40. The molecule has 1 aromatic heterocycles. The number of halogens is 1. The lowest BCUT2D eigenvalue weighted by molar-refractivity contribution is 0.0941. The number of carbonyl (C=O) groups is 1. The molecule has 0 aliphatic heterocycles. The zero-order valence-corrected chi connectivity index (χ0v) is 10.0. The predicted molar refractivity (Wildman–Crippen MR) is 62.1 cm³/mol. The van der Waals surface area contributed by atoms with Gasteiger partial charge in [-0.15, -0.1) is 0 Å². The molecule has 14 heavy (non-hydrogen) atoms. The lowest BCUT2D eigenvalue weighted by atomic mass is 10.3. The number of hydrogen-bond acceptors (Lipinski definition) is 2. The second-order valence-electron chi connectivity index (χ2n) is 3.13. The highest BCUT2D eigenvalue weighted by Gasteiger charge is 2.06. The van der Waals surface area contributed by atoms with Crippen molar-refractivity contribution in [2.45, 2.75) is 19.4 Å². The molecule has 1 rings (SSSR count). The van der Waals surface area contributed by atoms with Gasteiger partial charge in [-0.25, -0.2) is 0 Å². The van der Waals surface area contributed by atoms with E-state index in [0.29, 0.717) is 18.7 Å². The first-order valence-electron chi connectivity index (χ1n) is 4.40. The van der Waals surface area contributed by atoms with Gasteiger partial charge in [-0.3, -0.25) is 4.79 Å². The second kappa shape index (κ2) is 5.35. The molecule has 0 aromatic carbocycles. The SMILES string of the molecule is CC(O)CCNC(=O)c1cc(I)c[nH]1. The molecule has 1 atom stereocenters. The minimum absolute atomic E-state index is 0.131. The highest BCUT2D eigenvalue weighted by Crippen LogP contribution is 2.05. The zero-order chi connectivity index (χ0) is 10.6. The van der Waals surface area contributed by atoms with Crippen LogP contribution in [0.2, 0.25) is 0 Å². The Morgan fingerprint density at radius 2 is 2.50 bits per heavy atom. The van der Waals surface area contributed by atoms with Crippen LogP contribution in [-0.4, -0.2) is 28.6 Å². The summed E-state index contributed by atoms with van der Waals surface area (Å²) < 4.78 is 1.00. The molecule has 78 valence electrons. The van der Waals surface area contributed by atoms with Crippen LogP contribution in [0.4, 0.5) is 0 Å². The largest absolute Gasteiger partial charge is 0.393 e. The Morgan fingerprint density at radius 3 is 3.00 bits per heavy atom. The first kappa shape index (κ1) is 11.5. The molecule has 1 unspecified atom stereocenters. The molecule has 1 aromatic rings. The molecule has 0 radical (unpaired) electrons. The molecular weight excluding hydrogens is 295 g/mol. The van der Waals surface area contributed by atoms with Gasteiger partial charge in [-0.2, -0.15) is 0 Å². The molecule has 3 N–H and O–H groups in total. The van der Waals surface area contributed by atoms with Gasteiger partial charge in [0.25, 0.3) is 5.91 Å². The van der Waals surface area contributed by atoms with E-state index in [2.05, 4.69) is 32.9 Å². The zero-order valence-electron chi connectivity index (χ0n) is 7.88. The molecule has 1 heterocycles. The van der Waals surface area contributed by atoms with Gasteiger partial charge in [0.15, 0.2) is 0 Å². The second-order valence-corrected chi connectivity index (χ2v) is 4.37. The molecule has 0 fully saturated rings. The molecule has 0 aliphatic carbocycles. The number of H-pyrrole nitrogens is 1. The van der Waals surface area contributed by atoms with Crippen molar-refractivity contribution < 1.29 is 9.90 Å². The van der Waals surface area contributed by atoms with E-state index in [-0.39, 0.29) is 12.0 Å². The summed E-state index contributed by atoms with van der Waals surface area (Å²) in [7, 11) is 0. The van der Waals surface area contributed by atoms with Crippen LogP contribution in [0, 0.1) is 3.57 Å². The number of aliphatic hydroxyl groups excluding tert-OH is 1. The topological polar surface area (TPSA) is 65.1 Å². The number of aromatic nitrogens is 1. The highest BCUT2D eigenvalue weighted by molar-refractivity contribution is 14.1. The molecule has 0 aliphatic rings. The van der Waals surface area contributed by atoms with Crippen molar-refractivity contribution in [2.75, 3.05) is 6.54 Å². The molecule has 1 amide bonds. The fourth-order valence-corrected chi connectivity index (χ4v) is 1.46. The number of aromatic amines is 1. The third-order valence-electron chi connectivity index (χ3n) is 1.74. The van der Waals surface area contributed by atoms with Crippen LogP contribution in [0.15, 0.2) is 12.3 Å². The third-order valence-corrected chi connectivity index (χ3v) is 2.36. The summed E-state index contributed by atoms with van der Waals surface area (Å²) in [6, 6.07) is 1.78. The van der Waals surface area contributed by atoms with E-state index < -0.39 is 0 Å². The molecule has 0 bridgehead atoms. The first-order valence-corrected chi connectivity index (χ1v) is 5.47. The van der Waals surface area contributed by atoms with E-state index in [0.717, 1.165) is 3.57 Å². The molecule has 0 saturated carbocycles. The summed E-state index contributed by atoms with van der Waals surface area (Å²) >= 11 is 2.13. The van der Waals surface area contributed by atoms with E-state index >= 15 is 0 Å². The smallest absolute Gasteiger partial charge is 0.267 e. The fourth-order valence-electron chi connectivity index (χ4n) is 0.989. The van der Waals surface area contributed by atoms with Gasteiger partial charge in [0.1, 0.15) is 5.69 Å². The van der Waals surface area contributed by atoms with E-state index in [9.17, 15) is 4.79 Å². The van der Waals surface area contributed by atoms with Crippen LogP contribution in [-0.2, 0) is 0 Å². The summed E-state index contributed by atoms with van der Waals surface area (Å²) in [5, 5.41) is 11.7. The van der Waals surface area contributed by atoms with Crippen molar-refractivity contribution in [3.63, 3.8) is 0 Å². The lowest BCUT2D eigenvalue weighted by Gasteiger charge is -2.05. The predicted octanol–water partition coefficient (Wildman–Crippen LogP) is 1.12. The quantitative estimate of drug-likeness (QED) is 0.730. The maximum Gasteiger partial charge on any atom is 0.267 e. The minimum Gasteiger partial charge on any atom is -0.393 e. The Bertz CT molecular complexity index is 310. The van der Waals surface area contributed by atoms with Crippen LogP contribution in [0.3, 0.4) is 0 Å². The third kappa shape index (κ3) is 3.67. The van der Waals surface area contributed by atoms with E-state index in [1.165, 1.54) is 0 Å². The Labute approximate surface area is 96.2 Å². The molecule has 5 heteroatoms. The maximum atomic E-state index is 11.4. The van der Waals surface area contributed by atoms with Gasteiger partial charge in [0.2, 0.25) is 0 Å². The first-order chi connectivity index (χ1) is 6.59. The Balaban J connectivity index is 2.36. The number of rotatable bonds is 4. The van der Waals surface area contributed by atoms with Gasteiger partial charge >= 0.3 is 0 Å². The molecule has 0 spiro atoms. The number of hydrogen-bond donors (Lipinski definition) is 3. The number of aliphatic hydroxyl groups is 1. The van der Waals surface area contributed by atoms with Gasteiger partial charge in [-0.05, 0) is 42.0 Å². The number of carbonyl (C=O) groups excluding carboxylic acids is 1. The highest BCUT2D eigenvalue weighted by atomic mass is 127. The van der Waals surface area contributed by atoms with Crippen LogP contribution in [0.5, 0.6) is 0 Å². The van der Waals surface area contributed by atoms with E-state index in [1.807, 2.05) is 0 Å². The summed E-state index contributed by atoms with van der Waals surface area (Å²) in [4.78, 5) is 14.3. The van der Waals surface area contributed by atoms with Gasteiger partial charge in [-0.1, -0.05) is 0 Å². The maximum absolute atomic E-state index is 11.4. The van der Waals surface area contributed by atoms with E-state index in [4.69, 9.17) is 5.11 Å². The van der Waals surface area contributed by atoms with Crippen LogP contribution < -0.4 is 5.32 Å². The Hall–Kier alpha value is -0.560. The number of nitrogens with one attached hydrogen (secondary N) is 2. The fraction of sp³-hybridized carbons (Fsp3) is 0.444. The summed E-state index contributed by atoms with van der Waals surface area (Å²) in [6.45, 7) is 2.19. The van der Waals surface area contributed by atoms with Crippen molar-refractivity contribution in [1.82, 2.24) is 10.3 Å². The standard InChI is InChI=1S/C9H13IN2O2/c1-6(13)2-3-11-9(14)8-4-7(10)5-12-8/h4-6,12-13H,2-3H2,1H3,(H,11,14). The summed E-state index contributed by atoms with van der Waals surface area (Å²) in [6.07, 6.45) is 1.97. The normalized spacial score (nSPS) is 12.5. The van der Waals surface area contributed by atoms with Crippen molar-refractivity contribution >= 4 is 28.5 Å². The van der Waals surface area contributed by atoms with Gasteiger partial charge in [0, 0.05) is 16.3 Å². The van der Waals surface area contributed by atoms with Gasteiger partial charge < -0.3 is 15.4 Å². The van der Waals surface area contributed by atoms with Crippen molar-refractivity contribution in [2.24, 2.45) is 0 Å². The lowest BCUT2D eigenvalue weighted by Crippen LogP contribution is -2.26. The molecule has 0 saturated heterocycles. The van der Waals surface area contributed by atoms with Crippen LogP contribution >= 0.6 is 22.6 Å². The van der Waals surface area contributed by atoms with Crippen LogP contribution in [0.25, 0.3) is 0 Å². The Morgan fingerprint density at radius 1 is 1.79 bits per heavy atom. The summed E-state index contributed by atoms with van der Waals surface area (Å²) in [5.74, 6) is -0.131. The minimum atomic E-state index is -0.376. The average Bonchev–Trinajstić information content (AvgIpc) is 2.51. The number of amides is 1. The van der Waals surface area contributed by atoms with Crippen molar-refractivity contribution in [3.05, 3.63) is 21.5 Å². The molecular formula is C9H13IN2O2. The van der Waals surface area contributed by atoms with Crippen molar-refractivity contribution in [1.29, 1.82) is 0 Å². The van der Waals surface area contributed by atoms with Gasteiger partial charge in [0.05, 0.1) is 6.10 Å². The average molecular weight is 308 g/mol. The monoisotopic (exact) mass is 308 g/mol. The van der Waals surface area contributed by atoms with E-state index in [1.54, 1.807) is 19.2 Å². The summed E-state index contributed by atoms with van der Waals surface area (Å²) in [5.41, 5.74) is 0.556. The molecule has 4 nitrogen and oxygen atoms in total.